The summed E-state index contributed by atoms with van der Waals surface area (Å²) in [5, 5.41) is 11.5. The lowest BCUT2D eigenvalue weighted by atomic mass is 9.73. The number of rotatable bonds is 12. The fraction of sp³-hybridized carbons (Fsp3) is 0.689. The number of likely N-dealkylation sites (N-methyl/N-ethyl adjacent to an activating group) is 1. The molecule has 0 radical (unpaired) electrons. The number of cyclic esters (lactones) is 1. The second kappa shape index (κ2) is 19.8. The third kappa shape index (κ3) is 9.81. The number of unbranched alkanes of at least 4 members (excludes halogenated alkanes) is 1. The number of aliphatic hydroxyl groups is 1. The Kier molecular flexibility index (Phi) is 15.4. The highest BCUT2D eigenvalue weighted by Gasteiger charge is 2.62. The number of amides is 1. The van der Waals surface area contributed by atoms with Gasteiger partial charge in [0.2, 0.25) is 11.5 Å². The largest absolute Gasteiger partial charge is 0.481 e. The quantitative estimate of drug-likeness (QED) is 0.136. The van der Waals surface area contributed by atoms with E-state index in [1.165, 1.54) is 18.9 Å². The van der Waals surface area contributed by atoms with Gasteiger partial charge in [0.05, 0.1) is 43.0 Å². The molecule has 2 aromatic heterocycles. The number of carbonyl (C=O) groups excluding carboxylic acids is 4. The second-order valence-corrected chi connectivity index (χ2v) is 17.4. The number of imidazole rings is 1. The number of terminal acetylenes is 1. The van der Waals surface area contributed by atoms with Crippen LogP contribution in [0.3, 0.4) is 0 Å². The van der Waals surface area contributed by atoms with Crippen molar-refractivity contribution in [3.05, 3.63) is 30.9 Å². The number of aliphatic hydroxyl groups excluding tert-OH is 1. The smallest absolute Gasteiger partial charge is 0.411 e. The Morgan fingerprint density at radius 2 is 1.72 bits per heavy atom. The van der Waals surface area contributed by atoms with Crippen molar-refractivity contribution in [3.63, 3.8) is 0 Å². The van der Waals surface area contributed by atoms with Gasteiger partial charge in [0.1, 0.15) is 17.8 Å². The van der Waals surface area contributed by atoms with E-state index in [-0.39, 0.29) is 37.3 Å². The zero-order valence-electron chi connectivity index (χ0n) is 37.5. The molecule has 5 heterocycles. The van der Waals surface area contributed by atoms with Crippen LogP contribution in [-0.4, -0.2) is 142 Å². The van der Waals surface area contributed by atoms with Gasteiger partial charge in [0, 0.05) is 68.0 Å². The Balaban J connectivity index is 1.44. The maximum absolute atomic E-state index is 14.8. The third-order valence-corrected chi connectivity index (χ3v) is 13.0. The molecule has 3 aliphatic heterocycles. The molecule has 0 aromatic carbocycles. The number of ether oxygens (including phenoxy) is 6. The molecular formula is C45H65N5O11. The molecule has 13 atom stereocenters. The highest BCUT2D eigenvalue weighted by molar-refractivity contribution is 6.00. The average molecular weight is 852 g/mol. The van der Waals surface area contributed by atoms with Crippen LogP contribution >= 0.6 is 0 Å². The summed E-state index contributed by atoms with van der Waals surface area (Å²) in [6.45, 7) is 12.7. The number of nitrogens with zero attached hydrogens (tertiary/aromatic N) is 5. The van der Waals surface area contributed by atoms with Crippen molar-refractivity contribution in [3.8, 4) is 29.5 Å². The summed E-state index contributed by atoms with van der Waals surface area (Å²) in [5.74, 6) is -2.35. The molecule has 1 unspecified atom stereocenters. The van der Waals surface area contributed by atoms with Crippen LogP contribution in [-0.2, 0) is 44.6 Å². The monoisotopic (exact) mass is 851 g/mol. The van der Waals surface area contributed by atoms with Crippen molar-refractivity contribution >= 4 is 23.6 Å². The lowest BCUT2D eigenvalue weighted by Gasteiger charge is -2.47. The maximum Gasteiger partial charge on any atom is 0.411 e. The first kappa shape index (κ1) is 47.6. The Labute approximate surface area is 359 Å². The Morgan fingerprint density at radius 3 is 2.33 bits per heavy atom. The summed E-state index contributed by atoms with van der Waals surface area (Å²) in [7, 11) is 6.75. The van der Waals surface area contributed by atoms with Crippen molar-refractivity contribution in [1.29, 1.82) is 0 Å². The third-order valence-electron chi connectivity index (χ3n) is 13.0. The molecule has 16 nitrogen and oxygen atoms in total. The number of methoxy groups -OCH3 is 2. The van der Waals surface area contributed by atoms with Gasteiger partial charge in [0.15, 0.2) is 18.2 Å². The lowest BCUT2D eigenvalue weighted by Crippen LogP contribution is -2.60. The Morgan fingerprint density at radius 1 is 1.02 bits per heavy atom. The predicted octanol–water partition coefficient (Wildman–Crippen LogP) is 4.55. The minimum atomic E-state index is -1.84. The summed E-state index contributed by atoms with van der Waals surface area (Å²) < 4.78 is 38.2. The molecule has 1 N–H and O–H groups in total. The lowest BCUT2D eigenvalue weighted by molar-refractivity contribution is -0.295. The number of Topliss-reactive ketones (excluding diaryl/α,β-unsaturated/α-hetero) is 2. The van der Waals surface area contributed by atoms with Gasteiger partial charge in [0.25, 0.3) is 0 Å². The number of pyridine rings is 1. The van der Waals surface area contributed by atoms with Gasteiger partial charge in [-0.15, -0.1) is 6.42 Å². The number of fused-ring (bicyclic) bond motifs is 1. The van der Waals surface area contributed by atoms with Gasteiger partial charge in [-0.3, -0.25) is 19.3 Å². The zero-order chi connectivity index (χ0) is 45.0. The summed E-state index contributed by atoms with van der Waals surface area (Å²) in [6.07, 6.45) is 8.03. The number of aromatic nitrogens is 3. The summed E-state index contributed by atoms with van der Waals surface area (Å²) in [6, 6.07) is 2.32. The summed E-state index contributed by atoms with van der Waals surface area (Å²) in [5.41, 5.74) is -1.57. The van der Waals surface area contributed by atoms with Crippen molar-refractivity contribution in [2.45, 2.75) is 141 Å². The minimum Gasteiger partial charge on any atom is -0.481 e. The molecule has 0 spiro atoms. The van der Waals surface area contributed by atoms with E-state index in [0.717, 1.165) is 11.3 Å². The number of carbonyl (C=O) groups is 4. The van der Waals surface area contributed by atoms with Crippen LogP contribution in [0.1, 0.15) is 80.6 Å². The first-order valence-corrected chi connectivity index (χ1v) is 21.3. The molecular weight excluding hydrogens is 787 g/mol. The van der Waals surface area contributed by atoms with Gasteiger partial charge in [-0.1, -0.05) is 33.6 Å². The SMILES string of the molecule is C#C[C@]12OC(=O)N(CCCCn3cnc(-c4ccc(OC)nc4)c3)[C@@H]1[C@@H](C)C(=O)[C@H](C)C[C@](C)(OC)[C@H](OC1O[C@H](C)C[C@H](N(C)C)[C@H]1O)[C@@H](C)C(=O)[C@@H](C)C(=O)O[C@@H]2CC. The maximum atomic E-state index is 14.8. The van der Waals surface area contributed by atoms with Crippen molar-refractivity contribution < 1.29 is 52.7 Å². The number of esters is 1. The first-order chi connectivity index (χ1) is 28.9. The average Bonchev–Trinajstić information content (AvgIpc) is 3.84. The first-order valence-electron chi connectivity index (χ1n) is 21.3. The summed E-state index contributed by atoms with van der Waals surface area (Å²) in [4.78, 5) is 69.3. The molecule has 5 rings (SSSR count). The fourth-order valence-corrected chi connectivity index (χ4v) is 9.40. The predicted molar refractivity (Wildman–Crippen MR) is 224 cm³/mol. The molecule has 2 aromatic rings. The van der Waals surface area contributed by atoms with E-state index in [1.54, 1.807) is 60.3 Å². The minimum absolute atomic E-state index is 0.0739. The highest BCUT2D eigenvalue weighted by Crippen LogP contribution is 2.43. The van der Waals surface area contributed by atoms with Gasteiger partial charge in [-0.25, -0.2) is 14.8 Å². The van der Waals surface area contributed by atoms with Gasteiger partial charge in [-0.05, 0) is 73.0 Å². The zero-order valence-corrected chi connectivity index (χ0v) is 37.5. The molecule has 3 fully saturated rings. The van der Waals surface area contributed by atoms with Crippen LogP contribution in [0, 0.1) is 36.0 Å². The van der Waals surface area contributed by atoms with E-state index in [1.807, 2.05) is 42.7 Å². The van der Waals surface area contributed by atoms with Crippen molar-refractivity contribution in [2.75, 3.05) is 34.9 Å². The molecule has 0 saturated carbocycles. The van der Waals surface area contributed by atoms with Crippen molar-refractivity contribution in [1.82, 2.24) is 24.3 Å². The van der Waals surface area contributed by atoms with Crippen LogP contribution in [0.15, 0.2) is 30.9 Å². The van der Waals surface area contributed by atoms with Crippen LogP contribution in [0.2, 0.25) is 0 Å². The van der Waals surface area contributed by atoms with E-state index >= 15 is 0 Å². The van der Waals surface area contributed by atoms with Crippen LogP contribution in [0.5, 0.6) is 5.88 Å². The molecule has 336 valence electrons. The fourth-order valence-electron chi connectivity index (χ4n) is 9.40. The van der Waals surface area contributed by atoms with E-state index in [2.05, 4.69) is 15.9 Å². The summed E-state index contributed by atoms with van der Waals surface area (Å²) >= 11 is 0. The van der Waals surface area contributed by atoms with Crippen molar-refractivity contribution in [2.24, 2.45) is 23.7 Å². The van der Waals surface area contributed by atoms with Gasteiger partial charge >= 0.3 is 12.1 Å². The van der Waals surface area contributed by atoms with Gasteiger partial charge < -0.3 is 43.0 Å². The molecule has 1 amide bonds. The highest BCUT2D eigenvalue weighted by atomic mass is 16.7. The molecule has 61 heavy (non-hydrogen) atoms. The normalized spacial score (nSPS) is 35.3. The van der Waals surface area contributed by atoms with Crippen LogP contribution in [0.25, 0.3) is 11.3 Å². The van der Waals surface area contributed by atoms with Crippen LogP contribution in [0.4, 0.5) is 4.79 Å². The molecule has 3 saturated heterocycles. The van der Waals surface area contributed by atoms with E-state index in [9.17, 15) is 24.3 Å². The Hall–Kier alpha value is -4.40. The number of ketones is 2. The van der Waals surface area contributed by atoms with Crippen LogP contribution < -0.4 is 4.74 Å². The number of hydrogen-bond acceptors (Lipinski definition) is 14. The molecule has 0 aliphatic carbocycles. The standard InChI is InChI=1S/C45H65N5O11/c1-13-34-45(14-2)39(50(43(55)61-45)20-16-15-19-49-24-32(47-25-49)31-17-18-35(56-11)46-23-31)28(5)36(51)26(3)22-44(8,57-12)40(29(6)37(52)30(7)41(54)59-34)60-42-38(53)33(48(9)10)21-27(4)58-42/h2,17-18,23-30,33-34,38-40,42,53H,13,15-16,19-22H2,1,3-12H3/t26-,27-,28+,29+,30-,33+,34-,38-,39-,40-,42?,44+,45-/m1/s1. The molecule has 16 heteroatoms. The van der Waals surface area contributed by atoms with Gasteiger partial charge in [-0.2, -0.15) is 0 Å². The van der Waals surface area contributed by atoms with E-state index in [4.69, 9.17) is 34.8 Å². The van der Waals surface area contributed by atoms with E-state index < -0.39 is 83.4 Å². The number of aryl methyl sites for hydroxylation is 1. The topological polar surface area (TPSA) is 181 Å². The Bertz CT molecular complexity index is 1900. The number of hydrogen-bond donors (Lipinski definition) is 1. The molecule has 3 aliphatic rings. The second-order valence-electron chi connectivity index (χ2n) is 17.4. The molecule has 0 bridgehead atoms. The van der Waals surface area contributed by atoms with E-state index in [0.29, 0.717) is 31.7 Å².